The number of thiazole rings is 1. The Morgan fingerprint density at radius 2 is 2.07 bits per heavy atom. The van der Waals surface area contributed by atoms with Crippen LogP contribution in [-0.4, -0.2) is 36.1 Å². The molecule has 0 fully saturated rings. The number of ether oxygens (including phenoxy) is 2. The van der Waals surface area contributed by atoms with Crippen LogP contribution in [0.4, 0.5) is 0 Å². The molecule has 3 rings (SSSR count). The first-order valence-electron chi connectivity index (χ1n) is 9.00. The normalized spacial score (nSPS) is 11.1. The highest BCUT2D eigenvalue weighted by molar-refractivity contribution is 9.10. The molecule has 152 valence electrons. The van der Waals surface area contributed by atoms with Gasteiger partial charge in [-0.15, -0.1) is 11.3 Å². The highest BCUT2D eigenvalue weighted by Crippen LogP contribution is 2.36. The van der Waals surface area contributed by atoms with Gasteiger partial charge in [-0.1, -0.05) is 23.9 Å². The lowest BCUT2D eigenvalue weighted by Crippen LogP contribution is -2.19. The predicted molar refractivity (Wildman–Crippen MR) is 123 cm³/mol. The van der Waals surface area contributed by atoms with Crippen LogP contribution < -0.4 is 14.9 Å². The van der Waals surface area contributed by atoms with Crippen LogP contribution in [0.25, 0.3) is 10.2 Å². The average Bonchev–Trinajstić information content (AvgIpc) is 3.12. The van der Waals surface area contributed by atoms with Crippen LogP contribution in [0.1, 0.15) is 19.4 Å². The van der Waals surface area contributed by atoms with E-state index in [9.17, 15) is 4.79 Å². The number of rotatable bonds is 9. The molecule has 1 heterocycles. The van der Waals surface area contributed by atoms with E-state index in [1.165, 1.54) is 11.8 Å². The van der Waals surface area contributed by atoms with Crippen molar-refractivity contribution < 1.29 is 14.3 Å². The number of hydrazone groups is 1. The molecule has 0 saturated heterocycles. The minimum absolute atomic E-state index is 0.194. The summed E-state index contributed by atoms with van der Waals surface area (Å²) in [7, 11) is 0. The minimum atomic E-state index is -0.194. The number of carbonyl (C=O) groups excluding carboxylic acids is 1. The fourth-order valence-electron chi connectivity index (χ4n) is 2.46. The van der Waals surface area contributed by atoms with Crippen molar-refractivity contribution in [1.29, 1.82) is 0 Å². The maximum atomic E-state index is 12.1. The first-order chi connectivity index (χ1) is 14.1. The molecule has 29 heavy (non-hydrogen) atoms. The summed E-state index contributed by atoms with van der Waals surface area (Å²) in [5.41, 5.74) is 4.27. The SMILES string of the molecule is CCOc1cc(/C=N/NC(=O)CSc2nc3ccccc3s2)cc(Br)c1OCC. The van der Waals surface area contributed by atoms with Crippen LogP contribution >= 0.6 is 39.0 Å². The minimum Gasteiger partial charge on any atom is -0.490 e. The van der Waals surface area contributed by atoms with Gasteiger partial charge in [0.2, 0.25) is 0 Å². The van der Waals surface area contributed by atoms with E-state index in [1.54, 1.807) is 17.6 Å². The second-order valence-corrected chi connectivity index (χ2v) is 8.83. The number of thioether (sulfide) groups is 1. The predicted octanol–water partition coefficient (Wildman–Crippen LogP) is 5.10. The summed E-state index contributed by atoms with van der Waals surface area (Å²) in [5, 5.41) is 4.04. The summed E-state index contributed by atoms with van der Waals surface area (Å²) in [5.74, 6) is 1.33. The Labute approximate surface area is 185 Å². The molecule has 3 aromatic rings. The Kier molecular flexibility index (Phi) is 7.91. The number of nitrogens with zero attached hydrogens (tertiary/aromatic N) is 2. The maximum Gasteiger partial charge on any atom is 0.250 e. The second-order valence-electron chi connectivity index (χ2n) is 5.73. The van der Waals surface area contributed by atoms with Gasteiger partial charge in [-0.25, -0.2) is 10.4 Å². The molecule has 0 aliphatic rings. The van der Waals surface area contributed by atoms with Crippen molar-refractivity contribution in [1.82, 2.24) is 10.4 Å². The van der Waals surface area contributed by atoms with E-state index in [1.807, 2.05) is 50.2 Å². The van der Waals surface area contributed by atoms with E-state index in [0.29, 0.717) is 24.7 Å². The molecule has 0 radical (unpaired) electrons. The highest BCUT2D eigenvalue weighted by atomic mass is 79.9. The van der Waals surface area contributed by atoms with Crippen LogP contribution in [0.5, 0.6) is 11.5 Å². The van der Waals surface area contributed by atoms with E-state index in [2.05, 4.69) is 31.4 Å². The van der Waals surface area contributed by atoms with E-state index in [-0.39, 0.29) is 11.7 Å². The molecule has 0 atom stereocenters. The lowest BCUT2D eigenvalue weighted by Gasteiger charge is -2.13. The average molecular weight is 494 g/mol. The lowest BCUT2D eigenvalue weighted by molar-refractivity contribution is -0.118. The molecule has 9 heteroatoms. The van der Waals surface area contributed by atoms with Gasteiger partial charge in [-0.3, -0.25) is 4.79 Å². The lowest BCUT2D eigenvalue weighted by atomic mass is 10.2. The summed E-state index contributed by atoms with van der Waals surface area (Å²) in [6.07, 6.45) is 1.57. The van der Waals surface area contributed by atoms with E-state index in [0.717, 1.165) is 24.6 Å². The first kappa shape index (κ1) is 21.6. The quantitative estimate of drug-likeness (QED) is 0.255. The smallest absolute Gasteiger partial charge is 0.250 e. The Morgan fingerprint density at radius 3 is 2.83 bits per heavy atom. The third-order valence-electron chi connectivity index (χ3n) is 3.62. The molecule has 0 spiro atoms. The van der Waals surface area contributed by atoms with Gasteiger partial charge in [0, 0.05) is 0 Å². The summed E-state index contributed by atoms with van der Waals surface area (Å²) in [6.45, 7) is 4.88. The number of fused-ring (bicyclic) bond motifs is 1. The van der Waals surface area contributed by atoms with Gasteiger partial charge in [0.15, 0.2) is 15.8 Å². The summed E-state index contributed by atoms with van der Waals surface area (Å²) in [4.78, 5) is 16.6. The molecule has 0 aliphatic heterocycles. The van der Waals surface area contributed by atoms with Crippen LogP contribution in [0.3, 0.4) is 0 Å². The van der Waals surface area contributed by atoms with Crippen molar-refractivity contribution in [2.45, 2.75) is 18.2 Å². The summed E-state index contributed by atoms with van der Waals surface area (Å²) >= 11 is 6.46. The molecule has 2 aromatic carbocycles. The number of amides is 1. The largest absolute Gasteiger partial charge is 0.490 e. The summed E-state index contributed by atoms with van der Waals surface area (Å²) in [6, 6.07) is 11.6. The molecular formula is C20H20BrN3O3S2. The van der Waals surface area contributed by atoms with Crippen molar-refractivity contribution in [3.05, 3.63) is 46.4 Å². The van der Waals surface area contributed by atoms with Gasteiger partial charge >= 0.3 is 0 Å². The Morgan fingerprint density at radius 1 is 1.28 bits per heavy atom. The molecule has 0 unspecified atom stereocenters. The number of halogens is 1. The first-order valence-corrected chi connectivity index (χ1v) is 11.6. The molecule has 0 aliphatic carbocycles. The summed E-state index contributed by atoms with van der Waals surface area (Å²) < 4.78 is 14.0. The maximum absolute atomic E-state index is 12.1. The number of para-hydroxylation sites is 1. The number of hydrogen-bond acceptors (Lipinski definition) is 7. The number of hydrogen-bond donors (Lipinski definition) is 1. The second kappa shape index (κ2) is 10.6. The van der Waals surface area contributed by atoms with Crippen LogP contribution in [0, 0.1) is 0 Å². The van der Waals surface area contributed by atoms with Gasteiger partial charge in [0.05, 0.1) is 39.9 Å². The van der Waals surface area contributed by atoms with E-state index < -0.39 is 0 Å². The number of carbonyl (C=O) groups is 1. The van der Waals surface area contributed by atoms with Crippen LogP contribution in [0.15, 0.2) is 50.3 Å². The standard InChI is InChI=1S/C20H20BrN3O3S2/c1-3-26-16-10-13(9-14(21)19(16)27-4-2)11-22-24-18(25)12-28-20-23-15-7-5-6-8-17(15)29-20/h5-11H,3-4,12H2,1-2H3,(H,24,25)/b22-11+. The molecule has 1 amide bonds. The van der Waals surface area contributed by atoms with Crippen molar-refractivity contribution in [2.75, 3.05) is 19.0 Å². The van der Waals surface area contributed by atoms with Gasteiger partial charge in [0.25, 0.3) is 5.91 Å². The zero-order valence-corrected chi connectivity index (χ0v) is 19.2. The molecule has 0 bridgehead atoms. The van der Waals surface area contributed by atoms with E-state index in [4.69, 9.17) is 9.47 Å². The van der Waals surface area contributed by atoms with Gasteiger partial charge in [0.1, 0.15) is 0 Å². The fourth-order valence-corrected chi connectivity index (χ4v) is 4.90. The van der Waals surface area contributed by atoms with Crippen LogP contribution in [-0.2, 0) is 4.79 Å². The molecule has 6 nitrogen and oxygen atoms in total. The van der Waals surface area contributed by atoms with Crippen molar-refractivity contribution in [3.8, 4) is 11.5 Å². The fraction of sp³-hybridized carbons (Fsp3) is 0.250. The van der Waals surface area contributed by atoms with Crippen molar-refractivity contribution in [2.24, 2.45) is 5.10 Å². The topological polar surface area (TPSA) is 72.8 Å². The number of aromatic nitrogens is 1. The van der Waals surface area contributed by atoms with Gasteiger partial charge in [-0.2, -0.15) is 5.10 Å². The van der Waals surface area contributed by atoms with Crippen molar-refractivity contribution in [3.63, 3.8) is 0 Å². The Hall–Kier alpha value is -2.10. The third kappa shape index (κ3) is 5.94. The molecule has 1 aromatic heterocycles. The Balaban J connectivity index is 1.57. The third-order valence-corrected chi connectivity index (χ3v) is 6.39. The van der Waals surface area contributed by atoms with Crippen LogP contribution in [0.2, 0.25) is 0 Å². The van der Waals surface area contributed by atoms with E-state index >= 15 is 0 Å². The number of nitrogens with one attached hydrogen (secondary N) is 1. The zero-order chi connectivity index (χ0) is 20.6. The van der Waals surface area contributed by atoms with Crippen molar-refractivity contribution >= 4 is 61.4 Å². The van der Waals surface area contributed by atoms with Gasteiger partial charge in [-0.05, 0) is 59.6 Å². The molecular weight excluding hydrogens is 474 g/mol. The zero-order valence-electron chi connectivity index (χ0n) is 16.0. The Bertz CT molecular complexity index is 990. The van der Waals surface area contributed by atoms with Gasteiger partial charge < -0.3 is 9.47 Å². The highest BCUT2D eigenvalue weighted by Gasteiger charge is 2.11. The monoisotopic (exact) mass is 493 g/mol. The molecule has 0 saturated carbocycles. The number of benzene rings is 2. The molecule has 1 N–H and O–H groups in total.